The average molecular weight is 332 g/mol. The summed E-state index contributed by atoms with van der Waals surface area (Å²) in [5.74, 6) is 0.899. The molecule has 3 nitrogen and oxygen atoms in total. The van der Waals surface area contributed by atoms with Crippen molar-refractivity contribution in [2.24, 2.45) is 0 Å². The van der Waals surface area contributed by atoms with E-state index in [-0.39, 0.29) is 0 Å². The number of fused-ring (bicyclic) bond motifs is 1. The van der Waals surface area contributed by atoms with Gasteiger partial charge in [0.05, 0.1) is 18.0 Å². The zero-order valence-corrected chi connectivity index (χ0v) is 12.5. The normalized spacial score (nSPS) is 14.2. The van der Waals surface area contributed by atoms with Gasteiger partial charge in [-0.15, -0.1) is 0 Å². The molecule has 0 fully saturated rings. The van der Waals surface area contributed by atoms with Gasteiger partial charge in [0.1, 0.15) is 12.0 Å². The highest BCUT2D eigenvalue weighted by molar-refractivity contribution is 9.10. The minimum Gasteiger partial charge on any atom is -0.491 e. The van der Waals surface area contributed by atoms with Gasteiger partial charge < -0.3 is 9.64 Å². The van der Waals surface area contributed by atoms with Crippen LogP contribution in [0, 0.1) is 0 Å². The summed E-state index contributed by atoms with van der Waals surface area (Å²) >= 11 is 3.56. The second-order valence-corrected chi connectivity index (χ2v) is 5.50. The molecule has 4 heteroatoms. The minimum atomic E-state index is 0.667. The molecule has 20 heavy (non-hydrogen) atoms. The molecular formula is C16H14BrNO2. The molecule has 0 aromatic heterocycles. The maximum Gasteiger partial charge on any atom is 0.150 e. The second-order valence-electron chi connectivity index (χ2n) is 4.65. The molecule has 2 aromatic carbocycles. The van der Waals surface area contributed by atoms with Crippen molar-refractivity contribution < 1.29 is 9.53 Å². The third kappa shape index (κ3) is 2.43. The smallest absolute Gasteiger partial charge is 0.150 e. The van der Waals surface area contributed by atoms with E-state index in [1.165, 1.54) is 0 Å². The fraction of sp³-hybridized carbons (Fsp3) is 0.188. The highest BCUT2D eigenvalue weighted by Crippen LogP contribution is 2.39. The van der Waals surface area contributed by atoms with Gasteiger partial charge in [0.25, 0.3) is 0 Å². The second kappa shape index (κ2) is 5.67. The van der Waals surface area contributed by atoms with Crippen LogP contribution in [-0.4, -0.2) is 19.4 Å². The predicted octanol–water partition coefficient (Wildman–Crippen LogP) is 4.18. The lowest BCUT2D eigenvalue weighted by atomic mass is 10.2. The number of hydrogen-bond acceptors (Lipinski definition) is 3. The Morgan fingerprint density at radius 3 is 2.80 bits per heavy atom. The monoisotopic (exact) mass is 331 g/mol. The van der Waals surface area contributed by atoms with Gasteiger partial charge in [-0.05, 0) is 52.7 Å². The highest BCUT2D eigenvalue weighted by Gasteiger charge is 2.19. The first kappa shape index (κ1) is 13.2. The van der Waals surface area contributed by atoms with E-state index in [4.69, 9.17) is 4.74 Å². The van der Waals surface area contributed by atoms with Crippen molar-refractivity contribution in [3.8, 4) is 5.75 Å². The molecule has 0 spiro atoms. The number of hydrogen-bond donors (Lipinski definition) is 0. The maximum atomic E-state index is 10.8. The summed E-state index contributed by atoms with van der Waals surface area (Å²) in [6, 6.07) is 13.7. The Morgan fingerprint density at radius 1 is 1.15 bits per heavy atom. The van der Waals surface area contributed by atoms with Gasteiger partial charge in [-0.3, -0.25) is 4.79 Å². The van der Waals surface area contributed by atoms with E-state index in [0.717, 1.165) is 47.5 Å². The van der Waals surface area contributed by atoms with Crippen LogP contribution < -0.4 is 9.64 Å². The Hall–Kier alpha value is -1.81. The molecule has 1 heterocycles. The molecule has 0 bridgehead atoms. The van der Waals surface area contributed by atoms with Crippen molar-refractivity contribution in [2.45, 2.75) is 6.42 Å². The Bertz CT molecular complexity index is 642. The molecule has 0 aliphatic carbocycles. The van der Waals surface area contributed by atoms with Crippen LogP contribution >= 0.6 is 15.9 Å². The molecule has 0 amide bonds. The number of nitrogens with zero attached hydrogens (tertiary/aromatic N) is 1. The molecule has 0 radical (unpaired) electrons. The topological polar surface area (TPSA) is 29.5 Å². The number of carbonyl (C=O) groups excluding carboxylic acids is 1. The van der Waals surface area contributed by atoms with Crippen molar-refractivity contribution >= 4 is 33.6 Å². The van der Waals surface area contributed by atoms with Crippen LogP contribution in [0.5, 0.6) is 5.75 Å². The van der Waals surface area contributed by atoms with Gasteiger partial charge in [0.15, 0.2) is 0 Å². The Balaban J connectivity index is 2.07. The zero-order chi connectivity index (χ0) is 13.9. The molecular weight excluding hydrogens is 318 g/mol. The number of rotatable bonds is 2. The third-order valence-electron chi connectivity index (χ3n) is 3.34. The molecule has 0 atom stereocenters. The predicted molar refractivity (Wildman–Crippen MR) is 83.1 cm³/mol. The van der Waals surface area contributed by atoms with Gasteiger partial charge >= 0.3 is 0 Å². The lowest BCUT2D eigenvalue weighted by Gasteiger charge is -2.25. The van der Waals surface area contributed by atoms with Crippen LogP contribution in [0.1, 0.15) is 16.8 Å². The SMILES string of the molecule is O=Cc1ccc(N2CCCOc3ccccc32)c(Br)c1. The van der Waals surface area contributed by atoms with E-state index in [2.05, 4.69) is 26.9 Å². The van der Waals surface area contributed by atoms with E-state index < -0.39 is 0 Å². The summed E-state index contributed by atoms with van der Waals surface area (Å²) in [7, 11) is 0. The summed E-state index contributed by atoms with van der Waals surface area (Å²) in [5.41, 5.74) is 2.78. The lowest BCUT2D eigenvalue weighted by molar-refractivity contribution is 0.112. The molecule has 0 saturated carbocycles. The van der Waals surface area contributed by atoms with Gasteiger partial charge in [-0.25, -0.2) is 0 Å². The summed E-state index contributed by atoms with van der Waals surface area (Å²) in [5, 5.41) is 0. The fourth-order valence-corrected chi connectivity index (χ4v) is 3.00. The third-order valence-corrected chi connectivity index (χ3v) is 3.97. The van der Waals surface area contributed by atoms with Crippen molar-refractivity contribution in [2.75, 3.05) is 18.1 Å². The van der Waals surface area contributed by atoms with E-state index in [1.807, 2.05) is 36.4 Å². The van der Waals surface area contributed by atoms with Crippen LogP contribution in [0.2, 0.25) is 0 Å². The first-order chi connectivity index (χ1) is 9.79. The van der Waals surface area contributed by atoms with E-state index in [9.17, 15) is 4.79 Å². The number of ether oxygens (including phenoxy) is 1. The molecule has 0 saturated heterocycles. The number of halogens is 1. The van der Waals surface area contributed by atoms with E-state index >= 15 is 0 Å². The van der Waals surface area contributed by atoms with Crippen LogP contribution in [0.3, 0.4) is 0 Å². The van der Waals surface area contributed by atoms with Crippen LogP contribution in [-0.2, 0) is 0 Å². The largest absolute Gasteiger partial charge is 0.491 e. The summed E-state index contributed by atoms with van der Waals surface area (Å²) in [6.07, 6.45) is 1.81. The Labute approximate surface area is 126 Å². The summed E-state index contributed by atoms with van der Waals surface area (Å²) < 4.78 is 6.69. The zero-order valence-electron chi connectivity index (χ0n) is 10.9. The van der Waals surface area contributed by atoms with Crippen LogP contribution in [0.25, 0.3) is 0 Å². The Morgan fingerprint density at radius 2 is 2.00 bits per heavy atom. The minimum absolute atomic E-state index is 0.667. The van der Waals surface area contributed by atoms with Crippen molar-refractivity contribution in [1.29, 1.82) is 0 Å². The number of benzene rings is 2. The molecule has 102 valence electrons. The number of anilines is 2. The lowest BCUT2D eigenvalue weighted by Crippen LogP contribution is -2.18. The molecule has 3 rings (SSSR count). The van der Waals surface area contributed by atoms with Crippen molar-refractivity contribution in [3.63, 3.8) is 0 Å². The molecule has 1 aliphatic heterocycles. The quantitative estimate of drug-likeness (QED) is 0.773. The fourth-order valence-electron chi connectivity index (χ4n) is 2.39. The standard InChI is InChI=1S/C16H14BrNO2/c17-13-10-12(11-19)6-7-14(13)18-8-3-9-20-16-5-2-1-4-15(16)18/h1-2,4-7,10-11H,3,8-9H2. The van der Waals surface area contributed by atoms with E-state index in [0.29, 0.717) is 5.56 Å². The molecule has 2 aromatic rings. The Kier molecular flexibility index (Phi) is 3.74. The molecule has 0 N–H and O–H groups in total. The van der Waals surface area contributed by atoms with Crippen LogP contribution in [0.4, 0.5) is 11.4 Å². The van der Waals surface area contributed by atoms with Gasteiger partial charge in [0.2, 0.25) is 0 Å². The van der Waals surface area contributed by atoms with Gasteiger partial charge in [-0.1, -0.05) is 12.1 Å². The van der Waals surface area contributed by atoms with Crippen molar-refractivity contribution in [3.05, 3.63) is 52.5 Å². The number of aldehydes is 1. The summed E-state index contributed by atoms with van der Waals surface area (Å²) in [6.45, 7) is 1.60. The van der Waals surface area contributed by atoms with Gasteiger partial charge in [-0.2, -0.15) is 0 Å². The first-order valence-electron chi connectivity index (χ1n) is 6.53. The van der Waals surface area contributed by atoms with Crippen LogP contribution in [0.15, 0.2) is 46.9 Å². The average Bonchev–Trinajstić information content (AvgIpc) is 2.69. The van der Waals surface area contributed by atoms with E-state index in [1.54, 1.807) is 0 Å². The molecule has 0 unspecified atom stereocenters. The maximum absolute atomic E-state index is 10.8. The molecule has 1 aliphatic rings. The first-order valence-corrected chi connectivity index (χ1v) is 7.33. The summed E-state index contributed by atoms with van der Waals surface area (Å²) in [4.78, 5) is 13.1. The highest BCUT2D eigenvalue weighted by atomic mass is 79.9. The number of para-hydroxylation sites is 2. The van der Waals surface area contributed by atoms with Crippen molar-refractivity contribution in [1.82, 2.24) is 0 Å². The van der Waals surface area contributed by atoms with Gasteiger partial charge in [0, 0.05) is 16.6 Å². The number of carbonyl (C=O) groups is 1.